The third-order valence-electron chi connectivity index (χ3n) is 6.55. The lowest BCUT2D eigenvalue weighted by Gasteiger charge is -2.36. The molecule has 2 atom stereocenters. The zero-order valence-corrected chi connectivity index (χ0v) is 17.6. The molecule has 0 spiro atoms. The van der Waals surface area contributed by atoms with Gasteiger partial charge in [-0.3, -0.25) is 14.2 Å². The van der Waals surface area contributed by atoms with Crippen LogP contribution in [0, 0.1) is 17.7 Å². The van der Waals surface area contributed by atoms with Gasteiger partial charge in [0.2, 0.25) is 5.95 Å². The molecule has 2 unspecified atom stereocenters. The largest absolute Gasteiger partial charge is 0.457 e. The van der Waals surface area contributed by atoms with E-state index in [1.165, 1.54) is 16.7 Å². The van der Waals surface area contributed by atoms with Gasteiger partial charge in [-0.15, -0.1) is 0 Å². The van der Waals surface area contributed by atoms with E-state index in [4.69, 9.17) is 10.5 Å². The Labute approximate surface area is 183 Å². The van der Waals surface area contributed by atoms with Gasteiger partial charge in [-0.1, -0.05) is 18.6 Å². The second-order valence-corrected chi connectivity index (χ2v) is 8.57. The minimum atomic E-state index is -1.41. The van der Waals surface area contributed by atoms with Crippen LogP contribution in [0.25, 0.3) is 0 Å². The number of hydrogen-bond acceptors (Lipinski definition) is 5. The lowest BCUT2D eigenvalue weighted by molar-refractivity contribution is -0.156. The Bertz CT molecular complexity index is 1030. The van der Waals surface area contributed by atoms with Gasteiger partial charge >= 0.3 is 5.97 Å². The number of fused-ring (bicyclic) bond motifs is 1. The van der Waals surface area contributed by atoms with Crippen molar-refractivity contribution < 1.29 is 22.7 Å². The summed E-state index contributed by atoms with van der Waals surface area (Å²) in [6.07, 6.45) is 2.25. The first kappa shape index (κ1) is 22.4. The summed E-state index contributed by atoms with van der Waals surface area (Å²) in [6.45, 7) is -2.18. The van der Waals surface area contributed by atoms with Crippen LogP contribution in [-0.2, 0) is 22.4 Å². The van der Waals surface area contributed by atoms with Gasteiger partial charge in [0.05, 0.1) is 17.7 Å². The smallest absolute Gasteiger partial charge is 0.309 e. The van der Waals surface area contributed by atoms with Gasteiger partial charge < -0.3 is 10.5 Å². The number of ether oxygens (including phenoxy) is 1. The maximum absolute atomic E-state index is 13.5. The van der Waals surface area contributed by atoms with Crippen LogP contribution < -0.4 is 11.3 Å². The lowest BCUT2D eigenvalue weighted by atomic mass is 9.77. The van der Waals surface area contributed by atoms with Crippen molar-refractivity contribution >= 4 is 11.9 Å². The zero-order valence-electron chi connectivity index (χ0n) is 17.6. The molecule has 2 N–H and O–H groups in total. The molecule has 2 aliphatic rings. The molecule has 2 aromatic rings. The van der Waals surface area contributed by atoms with E-state index in [1.54, 1.807) is 12.1 Å². The minimum Gasteiger partial charge on any atom is -0.457 e. The Hall–Kier alpha value is -2.84. The number of rotatable bonds is 7. The average molecular weight is 449 g/mol. The molecule has 1 aromatic carbocycles. The summed E-state index contributed by atoms with van der Waals surface area (Å²) in [5, 5.41) is 0. The number of benzene rings is 1. The van der Waals surface area contributed by atoms with E-state index in [-0.39, 0.29) is 42.1 Å². The Morgan fingerprint density at radius 1 is 1.19 bits per heavy atom. The van der Waals surface area contributed by atoms with E-state index in [0.29, 0.717) is 17.7 Å². The number of aromatic nitrogens is 2. The first-order chi connectivity index (χ1) is 15.4. The summed E-state index contributed by atoms with van der Waals surface area (Å²) in [5.74, 6) is -1.45. The van der Waals surface area contributed by atoms with Crippen LogP contribution >= 0.6 is 0 Å². The average Bonchev–Trinajstić information content (AvgIpc) is 2.75. The van der Waals surface area contributed by atoms with Crippen LogP contribution in [0.4, 0.5) is 19.1 Å². The van der Waals surface area contributed by atoms with Crippen LogP contribution in [0.1, 0.15) is 48.5 Å². The molecule has 0 radical (unpaired) electrons. The molecule has 2 aliphatic carbocycles. The molecule has 1 aromatic heterocycles. The molecule has 32 heavy (non-hydrogen) atoms. The van der Waals surface area contributed by atoms with Gasteiger partial charge in [0.25, 0.3) is 5.56 Å². The highest BCUT2D eigenvalue weighted by atomic mass is 19.1. The highest BCUT2D eigenvalue weighted by Crippen LogP contribution is 2.40. The molecule has 6 nitrogen and oxygen atoms in total. The highest BCUT2D eigenvalue weighted by Gasteiger charge is 2.35. The quantitative estimate of drug-likeness (QED) is 0.656. The van der Waals surface area contributed by atoms with Gasteiger partial charge in [0, 0.05) is 12.0 Å². The van der Waals surface area contributed by atoms with Gasteiger partial charge in [-0.05, 0) is 49.3 Å². The van der Waals surface area contributed by atoms with Crippen LogP contribution in [0.3, 0.4) is 0 Å². The molecule has 9 heteroatoms. The first-order valence-corrected chi connectivity index (χ1v) is 10.9. The van der Waals surface area contributed by atoms with Crippen LogP contribution in [0.5, 0.6) is 0 Å². The molecule has 4 rings (SSSR count). The fraction of sp³-hybridized carbons (Fsp3) is 0.522. The number of halogens is 3. The topological polar surface area (TPSA) is 87.2 Å². The van der Waals surface area contributed by atoms with Gasteiger partial charge in [0.15, 0.2) is 6.10 Å². The number of carbonyl (C=O) groups excluding carboxylic acids is 1. The Balaban J connectivity index is 1.65. The van der Waals surface area contributed by atoms with Crippen molar-refractivity contribution in [2.45, 2.75) is 50.7 Å². The third kappa shape index (κ3) is 4.25. The third-order valence-corrected chi connectivity index (χ3v) is 6.55. The molecular weight excluding hydrogens is 423 g/mol. The van der Waals surface area contributed by atoms with E-state index < -0.39 is 31.3 Å². The Kier molecular flexibility index (Phi) is 6.53. The Morgan fingerprint density at radius 3 is 2.47 bits per heavy atom. The molecular formula is C23H26F3N3O3. The molecule has 0 amide bonds. The van der Waals surface area contributed by atoms with E-state index in [1.807, 2.05) is 0 Å². The van der Waals surface area contributed by atoms with Crippen molar-refractivity contribution in [3.8, 4) is 0 Å². The van der Waals surface area contributed by atoms with Crippen molar-refractivity contribution in [3.05, 3.63) is 57.3 Å². The fourth-order valence-electron chi connectivity index (χ4n) is 4.59. The normalized spacial score (nSPS) is 19.3. The zero-order chi connectivity index (χ0) is 22.8. The first-order valence-electron chi connectivity index (χ1n) is 10.9. The molecule has 1 fully saturated rings. The number of hydrogen-bond donors (Lipinski definition) is 1. The van der Waals surface area contributed by atoms with E-state index in [0.717, 1.165) is 24.8 Å². The van der Waals surface area contributed by atoms with Gasteiger partial charge in [-0.25, -0.2) is 18.2 Å². The highest BCUT2D eigenvalue weighted by molar-refractivity contribution is 5.73. The Morgan fingerprint density at radius 2 is 1.88 bits per heavy atom. The molecule has 0 bridgehead atoms. The molecule has 172 valence electrons. The lowest BCUT2D eigenvalue weighted by Crippen LogP contribution is -2.40. The monoisotopic (exact) mass is 449 g/mol. The van der Waals surface area contributed by atoms with Gasteiger partial charge in [-0.2, -0.15) is 0 Å². The number of nitrogens with two attached hydrogens (primary N) is 1. The number of nitrogen functional groups attached to an aromatic ring is 1. The van der Waals surface area contributed by atoms with E-state index >= 15 is 0 Å². The second-order valence-electron chi connectivity index (χ2n) is 8.57. The number of alkyl halides is 2. The second kappa shape index (κ2) is 9.34. The van der Waals surface area contributed by atoms with Crippen LogP contribution in [0.15, 0.2) is 29.1 Å². The predicted octanol–water partition coefficient (Wildman–Crippen LogP) is 3.31. The van der Waals surface area contributed by atoms with Gasteiger partial charge in [0.1, 0.15) is 19.2 Å². The number of anilines is 1. The number of nitrogens with zero attached hydrogens (tertiary/aromatic N) is 2. The molecule has 0 saturated heterocycles. The fourth-order valence-corrected chi connectivity index (χ4v) is 4.59. The number of carbonyl (C=O) groups is 1. The van der Waals surface area contributed by atoms with E-state index in [9.17, 15) is 22.8 Å². The summed E-state index contributed by atoms with van der Waals surface area (Å²) in [7, 11) is 0. The number of esters is 1. The van der Waals surface area contributed by atoms with Crippen molar-refractivity contribution in [3.63, 3.8) is 0 Å². The van der Waals surface area contributed by atoms with Crippen molar-refractivity contribution in [2.75, 3.05) is 19.1 Å². The summed E-state index contributed by atoms with van der Waals surface area (Å²) >= 11 is 0. The summed E-state index contributed by atoms with van der Waals surface area (Å²) < 4.78 is 45.3. The standard InChI is InChI=1S/C23H26F3N3O3/c24-11-17(12-25)32-22(31)15-6-9-18-19(10-15)28-23(27)29(21(18)30)20(13-2-1-3-13)14-4-7-16(26)8-5-14/h4-5,7-8,13,15,17,20H,1-3,6,9-12H2,(H2,27,28). The van der Waals surface area contributed by atoms with Crippen molar-refractivity contribution in [2.24, 2.45) is 11.8 Å². The summed E-state index contributed by atoms with van der Waals surface area (Å²) in [4.78, 5) is 30.2. The molecule has 1 heterocycles. The summed E-state index contributed by atoms with van der Waals surface area (Å²) in [5.41, 5.74) is 7.68. The summed E-state index contributed by atoms with van der Waals surface area (Å²) in [6, 6.07) is 5.73. The van der Waals surface area contributed by atoms with Crippen molar-refractivity contribution in [1.82, 2.24) is 9.55 Å². The predicted molar refractivity (Wildman–Crippen MR) is 112 cm³/mol. The van der Waals surface area contributed by atoms with Crippen LogP contribution in [0.2, 0.25) is 0 Å². The molecule has 1 saturated carbocycles. The van der Waals surface area contributed by atoms with E-state index in [2.05, 4.69) is 4.98 Å². The van der Waals surface area contributed by atoms with Crippen molar-refractivity contribution in [1.29, 1.82) is 0 Å². The van der Waals surface area contributed by atoms with Crippen LogP contribution in [-0.4, -0.2) is 35.0 Å². The minimum absolute atomic E-state index is 0.0365. The SMILES string of the molecule is Nc1nc2c(c(=O)n1C(c1ccc(F)cc1)C1CCC1)CCC(C(=O)OC(CF)CF)C2. The maximum Gasteiger partial charge on any atom is 0.309 e. The molecule has 0 aliphatic heterocycles. The maximum atomic E-state index is 13.5.